The molecule has 1 amide bonds. The van der Waals surface area contributed by atoms with E-state index in [0.717, 1.165) is 10.0 Å². The van der Waals surface area contributed by atoms with E-state index in [-0.39, 0.29) is 17.0 Å². The molecule has 0 unspecified atom stereocenters. The predicted molar refractivity (Wildman–Crippen MR) is 99.1 cm³/mol. The number of hydrogen-bond donors (Lipinski definition) is 1. The summed E-state index contributed by atoms with van der Waals surface area (Å²) < 4.78 is 35.9. The van der Waals surface area contributed by atoms with E-state index >= 15 is 0 Å². The number of benzene rings is 2. The SMILES string of the molecule is COc1cccc(CNC(=O)c2cccc(S(=O)(=O)N(C)OC)c2)c1OC. The quantitative estimate of drug-likeness (QED) is 0.687. The molecule has 2 aromatic carbocycles. The van der Waals surface area contributed by atoms with Gasteiger partial charge in [-0.25, -0.2) is 8.42 Å². The number of carbonyl (C=O) groups is 1. The van der Waals surface area contributed by atoms with Gasteiger partial charge in [-0.3, -0.25) is 9.63 Å². The number of hydrogen-bond acceptors (Lipinski definition) is 6. The number of sulfonamides is 1. The average Bonchev–Trinajstić information content (AvgIpc) is 2.70. The summed E-state index contributed by atoms with van der Waals surface area (Å²) in [6.45, 7) is 0.189. The maximum absolute atomic E-state index is 12.5. The monoisotopic (exact) mass is 394 g/mol. The molecule has 0 heterocycles. The van der Waals surface area contributed by atoms with Crippen LogP contribution in [0.5, 0.6) is 11.5 Å². The van der Waals surface area contributed by atoms with E-state index in [1.807, 2.05) is 0 Å². The highest BCUT2D eigenvalue weighted by molar-refractivity contribution is 7.89. The minimum Gasteiger partial charge on any atom is -0.493 e. The Morgan fingerprint density at radius 2 is 1.78 bits per heavy atom. The van der Waals surface area contributed by atoms with E-state index in [1.165, 1.54) is 52.6 Å². The van der Waals surface area contributed by atoms with Crippen LogP contribution < -0.4 is 14.8 Å². The summed E-state index contributed by atoms with van der Waals surface area (Å²) in [5.74, 6) is 0.662. The lowest BCUT2D eigenvalue weighted by atomic mass is 10.1. The summed E-state index contributed by atoms with van der Waals surface area (Å²) in [5.41, 5.74) is 0.940. The van der Waals surface area contributed by atoms with Gasteiger partial charge in [-0.05, 0) is 24.3 Å². The predicted octanol–water partition coefficient (Wildman–Crippen LogP) is 1.82. The van der Waals surface area contributed by atoms with Gasteiger partial charge in [0.15, 0.2) is 11.5 Å². The fourth-order valence-corrected chi connectivity index (χ4v) is 3.43. The molecule has 0 aliphatic heterocycles. The maximum atomic E-state index is 12.5. The molecule has 2 rings (SSSR count). The van der Waals surface area contributed by atoms with Gasteiger partial charge in [-0.15, -0.1) is 0 Å². The van der Waals surface area contributed by atoms with Crippen molar-refractivity contribution in [3.8, 4) is 11.5 Å². The summed E-state index contributed by atoms with van der Waals surface area (Å²) in [5, 5.41) is 2.75. The molecular weight excluding hydrogens is 372 g/mol. The second-order valence-corrected chi connectivity index (χ2v) is 7.40. The van der Waals surface area contributed by atoms with Crippen molar-refractivity contribution in [3.05, 3.63) is 53.6 Å². The molecule has 0 radical (unpaired) electrons. The molecule has 0 spiro atoms. The summed E-state index contributed by atoms with van der Waals surface area (Å²) in [6, 6.07) is 11.1. The molecule has 0 aliphatic rings. The third kappa shape index (κ3) is 4.57. The molecule has 146 valence electrons. The number of rotatable bonds is 8. The molecule has 0 aliphatic carbocycles. The smallest absolute Gasteiger partial charge is 0.264 e. The lowest BCUT2D eigenvalue weighted by Crippen LogP contribution is -2.27. The largest absolute Gasteiger partial charge is 0.493 e. The van der Waals surface area contributed by atoms with Crippen LogP contribution in [0.3, 0.4) is 0 Å². The number of hydroxylamine groups is 1. The van der Waals surface area contributed by atoms with Gasteiger partial charge < -0.3 is 14.8 Å². The zero-order chi connectivity index (χ0) is 20.0. The minimum absolute atomic E-state index is 0.0431. The highest BCUT2D eigenvalue weighted by Crippen LogP contribution is 2.30. The highest BCUT2D eigenvalue weighted by Gasteiger charge is 2.22. The first-order chi connectivity index (χ1) is 12.8. The van der Waals surface area contributed by atoms with Crippen LogP contribution in [-0.4, -0.2) is 47.2 Å². The van der Waals surface area contributed by atoms with Crippen LogP contribution in [-0.2, 0) is 21.4 Å². The van der Waals surface area contributed by atoms with Crippen LogP contribution in [0, 0.1) is 0 Å². The van der Waals surface area contributed by atoms with Gasteiger partial charge in [-0.1, -0.05) is 22.7 Å². The molecule has 8 nitrogen and oxygen atoms in total. The Balaban J connectivity index is 2.20. The number of amides is 1. The van der Waals surface area contributed by atoms with Crippen LogP contribution in [0.2, 0.25) is 0 Å². The number of carbonyl (C=O) groups excluding carboxylic acids is 1. The van der Waals surface area contributed by atoms with E-state index in [9.17, 15) is 13.2 Å². The Hall–Kier alpha value is -2.62. The zero-order valence-electron chi connectivity index (χ0n) is 15.6. The number of nitrogens with zero attached hydrogens (tertiary/aromatic N) is 1. The minimum atomic E-state index is -3.84. The van der Waals surface area contributed by atoms with Crippen molar-refractivity contribution in [1.82, 2.24) is 9.79 Å². The molecule has 0 bridgehead atoms. The fraction of sp³-hybridized carbons (Fsp3) is 0.278. The van der Waals surface area contributed by atoms with E-state index in [1.54, 1.807) is 18.2 Å². The number of ether oxygens (including phenoxy) is 2. The van der Waals surface area contributed by atoms with Crippen LogP contribution in [0.4, 0.5) is 0 Å². The van der Waals surface area contributed by atoms with Gasteiger partial charge in [0.1, 0.15) is 0 Å². The summed E-state index contributed by atoms with van der Waals surface area (Å²) in [4.78, 5) is 17.2. The van der Waals surface area contributed by atoms with Crippen molar-refractivity contribution in [3.63, 3.8) is 0 Å². The molecule has 2 aromatic rings. The number of para-hydroxylation sites is 1. The molecular formula is C18H22N2O6S. The van der Waals surface area contributed by atoms with Crippen LogP contribution >= 0.6 is 0 Å². The first-order valence-electron chi connectivity index (χ1n) is 7.96. The zero-order valence-corrected chi connectivity index (χ0v) is 16.4. The van der Waals surface area contributed by atoms with Gasteiger partial charge in [0.05, 0.1) is 26.2 Å². The molecule has 27 heavy (non-hydrogen) atoms. The van der Waals surface area contributed by atoms with E-state index < -0.39 is 15.9 Å². The van der Waals surface area contributed by atoms with Crippen LogP contribution in [0.15, 0.2) is 47.4 Å². The van der Waals surface area contributed by atoms with E-state index in [0.29, 0.717) is 11.5 Å². The third-order valence-corrected chi connectivity index (χ3v) is 5.59. The Kier molecular flexibility index (Phi) is 6.78. The van der Waals surface area contributed by atoms with Crippen molar-refractivity contribution in [1.29, 1.82) is 0 Å². The molecule has 0 aromatic heterocycles. The topological polar surface area (TPSA) is 94.2 Å². The number of methoxy groups -OCH3 is 2. The molecule has 0 saturated heterocycles. The van der Waals surface area contributed by atoms with Crippen molar-refractivity contribution >= 4 is 15.9 Å². The number of nitrogens with one attached hydrogen (secondary N) is 1. The molecule has 9 heteroatoms. The molecule has 1 N–H and O–H groups in total. The first kappa shape index (κ1) is 20.7. The Morgan fingerprint density at radius 3 is 2.41 bits per heavy atom. The van der Waals surface area contributed by atoms with Gasteiger partial charge in [0.25, 0.3) is 15.9 Å². The van der Waals surface area contributed by atoms with Crippen LogP contribution in [0.25, 0.3) is 0 Å². The second-order valence-electron chi connectivity index (χ2n) is 5.46. The van der Waals surface area contributed by atoms with Gasteiger partial charge >= 0.3 is 0 Å². The first-order valence-corrected chi connectivity index (χ1v) is 9.40. The Bertz CT molecular complexity index is 914. The summed E-state index contributed by atoms with van der Waals surface area (Å²) in [7, 11) is 1.73. The lowest BCUT2D eigenvalue weighted by Gasteiger charge is -2.15. The maximum Gasteiger partial charge on any atom is 0.264 e. The molecule has 0 saturated carbocycles. The van der Waals surface area contributed by atoms with Gasteiger partial charge in [0.2, 0.25) is 0 Å². The van der Waals surface area contributed by atoms with Gasteiger partial charge in [0, 0.05) is 24.7 Å². The highest BCUT2D eigenvalue weighted by atomic mass is 32.2. The lowest BCUT2D eigenvalue weighted by molar-refractivity contribution is -0.0258. The van der Waals surface area contributed by atoms with E-state index in [4.69, 9.17) is 14.3 Å². The van der Waals surface area contributed by atoms with Gasteiger partial charge in [-0.2, -0.15) is 0 Å². The van der Waals surface area contributed by atoms with E-state index in [2.05, 4.69) is 5.32 Å². The normalized spacial score (nSPS) is 11.3. The Morgan fingerprint density at radius 1 is 1.07 bits per heavy atom. The second kappa shape index (κ2) is 8.85. The van der Waals surface area contributed by atoms with Crippen molar-refractivity contribution in [2.75, 3.05) is 28.4 Å². The summed E-state index contributed by atoms with van der Waals surface area (Å²) >= 11 is 0. The third-order valence-electron chi connectivity index (χ3n) is 3.91. The summed E-state index contributed by atoms with van der Waals surface area (Å²) in [6.07, 6.45) is 0. The fourth-order valence-electron chi connectivity index (χ4n) is 2.41. The standard InChI is InChI=1S/C18H22N2O6S/c1-20(26-4)27(22,23)15-9-5-7-13(11-15)18(21)19-12-14-8-6-10-16(24-2)17(14)25-3/h5-11H,12H2,1-4H3,(H,19,21). The van der Waals surface area contributed by atoms with Crippen molar-refractivity contribution < 1.29 is 27.5 Å². The average molecular weight is 394 g/mol. The molecule has 0 fully saturated rings. The van der Waals surface area contributed by atoms with Crippen molar-refractivity contribution in [2.24, 2.45) is 0 Å². The van der Waals surface area contributed by atoms with Crippen molar-refractivity contribution in [2.45, 2.75) is 11.4 Å². The Labute approximate surface area is 158 Å². The van der Waals surface area contributed by atoms with Crippen LogP contribution in [0.1, 0.15) is 15.9 Å². The molecule has 0 atom stereocenters.